The van der Waals surface area contributed by atoms with E-state index in [9.17, 15) is 23.7 Å². The maximum absolute atomic E-state index is 12.6. The Kier molecular flexibility index (Phi) is 4.97. The van der Waals surface area contributed by atoms with Crippen molar-refractivity contribution in [1.82, 2.24) is 0 Å². The van der Waals surface area contributed by atoms with Crippen LogP contribution in [0.5, 0.6) is 0 Å². The molecule has 1 fully saturated rings. The number of aliphatic hydroxyl groups excluding tert-OH is 3. The third-order valence-electron chi connectivity index (χ3n) is 3.48. The summed E-state index contributed by atoms with van der Waals surface area (Å²) >= 11 is 0. The molecule has 0 spiro atoms. The fraction of sp³-hybridized carbons (Fsp3) is 0.538. The van der Waals surface area contributed by atoms with Gasteiger partial charge in [-0.25, -0.2) is 8.42 Å². The van der Waals surface area contributed by atoms with E-state index >= 15 is 0 Å². The lowest BCUT2D eigenvalue weighted by molar-refractivity contribution is -0.259. The Morgan fingerprint density at radius 1 is 1.19 bits per heavy atom. The molecule has 0 amide bonds. The Labute approximate surface area is 122 Å². The van der Waals surface area contributed by atoms with Crippen molar-refractivity contribution in [2.24, 2.45) is 0 Å². The summed E-state index contributed by atoms with van der Waals surface area (Å²) in [4.78, 5) is -0.0263. The fourth-order valence-corrected chi connectivity index (χ4v) is 4.27. The number of hydrogen-bond acceptors (Lipinski definition) is 7. The van der Waals surface area contributed by atoms with E-state index in [4.69, 9.17) is 9.47 Å². The van der Waals surface area contributed by atoms with Gasteiger partial charge in [-0.2, -0.15) is 0 Å². The molecule has 1 aromatic rings. The Morgan fingerprint density at radius 2 is 1.81 bits per heavy atom. The van der Waals surface area contributed by atoms with Gasteiger partial charge in [0.1, 0.15) is 23.6 Å². The van der Waals surface area contributed by atoms with E-state index in [1.54, 1.807) is 18.2 Å². The molecule has 0 bridgehead atoms. The summed E-state index contributed by atoms with van der Waals surface area (Å²) in [6.45, 7) is -0.589. The fourth-order valence-electron chi connectivity index (χ4n) is 2.38. The van der Waals surface area contributed by atoms with Crippen LogP contribution in [0.3, 0.4) is 0 Å². The maximum Gasteiger partial charge on any atom is 0.186 e. The van der Waals surface area contributed by atoms with Crippen LogP contribution in [0.2, 0.25) is 0 Å². The monoisotopic (exact) mass is 318 g/mol. The third kappa shape index (κ3) is 2.96. The highest BCUT2D eigenvalue weighted by atomic mass is 32.2. The van der Waals surface area contributed by atoms with Crippen LogP contribution < -0.4 is 0 Å². The van der Waals surface area contributed by atoms with Gasteiger partial charge in [-0.15, -0.1) is 0 Å². The lowest BCUT2D eigenvalue weighted by atomic mass is 10.0. The zero-order chi connectivity index (χ0) is 15.6. The minimum absolute atomic E-state index is 0.0263. The summed E-state index contributed by atoms with van der Waals surface area (Å²) in [6, 6.07) is 7.49. The SMILES string of the molecule is COC1O[C@H](CO)[C@@H](O)[C@H](S(=O)(=O)c2ccccc2)[C@H]1O. The number of ether oxygens (including phenoxy) is 2. The van der Waals surface area contributed by atoms with Crippen LogP contribution in [-0.2, 0) is 19.3 Å². The van der Waals surface area contributed by atoms with E-state index in [1.165, 1.54) is 19.2 Å². The second kappa shape index (κ2) is 6.39. The molecule has 21 heavy (non-hydrogen) atoms. The maximum atomic E-state index is 12.6. The molecule has 0 saturated carbocycles. The first-order valence-corrected chi connectivity index (χ1v) is 7.92. The second-order valence-corrected chi connectivity index (χ2v) is 6.87. The first-order chi connectivity index (χ1) is 9.93. The normalized spacial score (nSPS) is 33.8. The number of aliphatic hydroxyl groups is 3. The van der Waals surface area contributed by atoms with E-state index in [1.807, 2.05) is 0 Å². The Balaban J connectivity index is 2.43. The molecule has 1 aliphatic rings. The predicted octanol–water partition coefficient (Wildman–Crippen LogP) is -1.09. The van der Waals surface area contributed by atoms with Crippen molar-refractivity contribution in [2.45, 2.75) is 34.7 Å². The smallest absolute Gasteiger partial charge is 0.186 e. The molecule has 1 aliphatic heterocycles. The number of benzene rings is 1. The van der Waals surface area contributed by atoms with Crippen molar-refractivity contribution >= 4 is 9.84 Å². The van der Waals surface area contributed by atoms with Crippen molar-refractivity contribution in [1.29, 1.82) is 0 Å². The molecule has 1 unspecified atom stereocenters. The molecule has 0 aromatic heterocycles. The lowest BCUT2D eigenvalue weighted by Gasteiger charge is -2.41. The van der Waals surface area contributed by atoms with Crippen LogP contribution in [0.15, 0.2) is 35.2 Å². The Hall–Kier alpha value is -1.03. The quantitative estimate of drug-likeness (QED) is 0.647. The average molecular weight is 318 g/mol. The highest BCUT2D eigenvalue weighted by Crippen LogP contribution is 2.30. The van der Waals surface area contributed by atoms with Gasteiger partial charge in [-0.1, -0.05) is 18.2 Å². The molecule has 8 heteroatoms. The van der Waals surface area contributed by atoms with Crippen LogP contribution in [0.4, 0.5) is 0 Å². The van der Waals surface area contributed by atoms with Gasteiger partial charge in [0, 0.05) is 7.11 Å². The first-order valence-electron chi connectivity index (χ1n) is 6.37. The number of methoxy groups -OCH3 is 1. The molecular weight excluding hydrogens is 300 g/mol. The van der Waals surface area contributed by atoms with Crippen LogP contribution >= 0.6 is 0 Å². The van der Waals surface area contributed by atoms with Crippen molar-refractivity contribution in [3.63, 3.8) is 0 Å². The van der Waals surface area contributed by atoms with Gasteiger partial charge in [0.2, 0.25) is 0 Å². The van der Waals surface area contributed by atoms with E-state index in [-0.39, 0.29) is 4.90 Å². The van der Waals surface area contributed by atoms with E-state index in [2.05, 4.69) is 0 Å². The van der Waals surface area contributed by atoms with Gasteiger partial charge in [0.25, 0.3) is 0 Å². The van der Waals surface area contributed by atoms with Crippen molar-refractivity contribution < 1.29 is 33.2 Å². The standard InChI is InChI=1S/C13H18O7S/c1-19-13-11(16)12(10(15)9(7-14)20-13)21(17,18)8-5-3-2-4-6-8/h2-6,9-16H,7H2,1H3/t9-,10-,11-,12+,13?/m1/s1. The van der Waals surface area contributed by atoms with Crippen LogP contribution in [0.25, 0.3) is 0 Å². The molecule has 0 radical (unpaired) electrons. The van der Waals surface area contributed by atoms with Gasteiger partial charge in [0.05, 0.1) is 11.5 Å². The molecule has 2 rings (SSSR count). The summed E-state index contributed by atoms with van der Waals surface area (Å²) in [5.41, 5.74) is 0. The second-order valence-electron chi connectivity index (χ2n) is 4.77. The third-order valence-corrected chi connectivity index (χ3v) is 5.69. The molecule has 7 nitrogen and oxygen atoms in total. The molecule has 1 heterocycles. The van der Waals surface area contributed by atoms with Gasteiger partial charge in [0.15, 0.2) is 16.1 Å². The lowest BCUT2D eigenvalue weighted by Crippen LogP contribution is -2.61. The summed E-state index contributed by atoms with van der Waals surface area (Å²) < 4.78 is 35.3. The van der Waals surface area contributed by atoms with Crippen LogP contribution in [-0.4, -0.2) is 67.3 Å². The minimum atomic E-state index is -4.02. The molecule has 118 valence electrons. The van der Waals surface area contributed by atoms with Crippen molar-refractivity contribution in [3.05, 3.63) is 30.3 Å². The van der Waals surface area contributed by atoms with Gasteiger partial charge in [-0.3, -0.25) is 0 Å². The van der Waals surface area contributed by atoms with Crippen LogP contribution in [0.1, 0.15) is 0 Å². The van der Waals surface area contributed by atoms with Crippen LogP contribution in [0, 0.1) is 0 Å². The van der Waals surface area contributed by atoms with Gasteiger partial charge < -0.3 is 24.8 Å². The summed E-state index contributed by atoms with van der Waals surface area (Å²) in [5, 5.41) is 27.9. The predicted molar refractivity (Wildman–Crippen MR) is 72.2 cm³/mol. The molecule has 5 atom stereocenters. The summed E-state index contributed by atoms with van der Waals surface area (Å²) in [5.74, 6) is 0. The number of hydrogen-bond donors (Lipinski definition) is 3. The highest BCUT2D eigenvalue weighted by molar-refractivity contribution is 7.92. The topological polar surface area (TPSA) is 113 Å². The van der Waals surface area contributed by atoms with E-state index in [0.29, 0.717) is 0 Å². The number of rotatable bonds is 4. The zero-order valence-corrected chi connectivity index (χ0v) is 12.2. The molecule has 1 saturated heterocycles. The molecule has 3 N–H and O–H groups in total. The number of sulfone groups is 1. The summed E-state index contributed by atoms with van der Waals surface area (Å²) in [6.07, 6.45) is -5.53. The minimum Gasteiger partial charge on any atom is -0.394 e. The van der Waals surface area contributed by atoms with E-state index in [0.717, 1.165) is 0 Å². The molecule has 1 aromatic carbocycles. The van der Waals surface area contributed by atoms with Crippen molar-refractivity contribution in [3.8, 4) is 0 Å². The first kappa shape index (κ1) is 16.3. The largest absolute Gasteiger partial charge is 0.394 e. The average Bonchev–Trinajstić information content (AvgIpc) is 2.48. The van der Waals surface area contributed by atoms with Gasteiger partial charge in [-0.05, 0) is 12.1 Å². The Bertz CT molecular complexity index is 543. The van der Waals surface area contributed by atoms with Crippen molar-refractivity contribution in [2.75, 3.05) is 13.7 Å². The molecule has 0 aliphatic carbocycles. The zero-order valence-electron chi connectivity index (χ0n) is 11.4. The molecular formula is C13H18O7S. The van der Waals surface area contributed by atoms with Gasteiger partial charge >= 0.3 is 0 Å². The highest BCUT2D eigenvalue weighted by Gasteiger charge is 2.51. The summed E-state index contributed by atoms with van der Waals surface area (Å²) in [7, 11) is -2.78. The van der Waals surface area contributed by atoms with E-state index < -0.39 is 46.3 Å². The Morgan fingerprint density at radius 3 is 2.33 bits per heavy atom.